The highest BCUT2D eigenvalue weighted by atomic mass is 16.5. The molecule has 116 valence electrons. The summed E-state index contributed by atoms with van der Waals surface area (Å²) in [5.41, 5.74) is 5.68. The molecule has 0 aromatic rings. The van der Waals surface area contributed by atoms with Crippen molar-refractivity contribution in [3.05, 3.63) is 0 Å². The molecule has 0 heterocycles. The quantitative estimate of drug-likeness (QED) is 0.734. The van der Waals surface area contributed by atoms with E-state index in [9.17, 15) is 4.79 Å². The molecule has 0 bridgehead atoms. The van der Waals surface area contributed by atoms with Crippen LogP contribution in [0.5, 0.6) is 0 Å². The Hall–Kier alpha value is -0.610. The van der Waals surface area contributed by atoms with Crippen LogP contribution in [-0.4, -0.2) is 31.7 Å². The number of amides is 1. The highest BCUT2D eigenvalue weighted by Crippen LogP contribution is 2.28. The maximum atomic E-state index is 12.0. The SMILES string of the molecule is NCC1CCC(C(=O)NCCOC2CCCCC2)CC1. The number of hydrogen-bond donors (Lipinski definition) is 2. The second-order valence-electron chi connectivity index (χ2n) is 6.38. The molecule has 0 atom stereocenters. The van der Waals surface area contributed by atoms with Crippen molar-refractivity contribution in [3.8, 4) is 0 Å². The first kappa shape index (κ1) is 15.8. The van der Waals surface area contributed by atoms with E-state index in [2.05, 4.69) is 5.32 Å². The normalized spacial score (nSPS) is 28.2. The monoisotopic (exact) mass is 282 g/mol. The predicted octanol–water partition coefficient (Wildman–Crippen LogP) is 2.22. The smallest absolute Gasteiger partial charge is 0.223 e. The van der Waals surface area contributed by atoms with E-state index in [0.29, 0.717) is 25.2 Å². The number of carbonyl (C=O) groups is 1. The van der Waals surface area contributed by atoms with Gasteiger partial charge >= 0.3 is 0 Å². The summed E-state index contributed by atoms with van der Waals surface area (Å²) >= 11 is 0. The molecular formula is C16H30N2O2. The van der Waals surface area contributed by atoms with Gasteiger partial charge < -0.3 is 15.8 Å². The van der Waals surface area contributed by atoms with Crippen LogP contribution in [0, 0.1) is 11.8 Å². The summed E-state index contributed by atoms with van der Waals surface area (Å²) < 4.78 is 5.82. The van der Waals surface area contributed by atoms with Gasteiger partial charge in [0.05, 0.1) is 12.7 Å². The van der Waals surface area contributed by atoms with Crippen molar-refractivity contribution in [1.82, 2.24) is 5.32 Å². The maximum absolute atomic E-state index is 12.0. The summed E-state index contributed by atoms with van der Waals surface area (Å²) in [4.78, 5) is 12.0. The van der Waals surface area contributed by atoms with Crippen molar-refractivity contribution in [2.24, 2.45) is 17.6 Å². The Balaban J connectivity index is 1.53. The van der Waals surface area contributed by atoms with E-state index >= 15 is 0 Å². The Morgan fingerprint density at radius 2 is 1.75 bits per heavy atom. The average molecular weight is 282 g/mol. The Bertz CT molecular complexity index is 282. The van der Waals surface area contributed by atoms with Gasteiger partial charge in [0.15, 0.2) is 0 Å². The molecule has 2 aliphatic carbocycles. The van der Waals surface area contributed by atoms with Crippen LogP contribution in [-0.2, 0) is 9.53 Å². The van der Waals surface area contributed by atoms with Crippen LogP contribution in [0.1, 0.15) is 57.8 Å². The van der Waals surface area contributed by atoms with Gasteiger partial charge in [0.25, 0.3) is 0 Å². The van der Waals surface area contributed by atoms with Crippen LogP contribution in [0.4, 0.5) is 0 Å². The van der Waals surface area contributed by atoms with Crippen LogP contribution in [0.2, 0.25) is 0 Å². The van der Waals surface area contributed by atoms with Crippen LogP contribution >= 0.6 is 0 Å². The first-order chi connectivity index (χ1) is 9.79. The molecule has 0 radical (unpaired) electrons. The molecular weight excluding hydrogens is 252 g/mol. The fourth-order valence-corrected chi connectivity index (χ4v) is 3.44. The van der Waals surface area contributed by atoms with Crippen LogP contribution in [0.15, 0.2) is 0 Å². The van der Waals surface area contributed by atoms with E-state index in [1.165, 1.54) is 32.1 Å². The third kappa shape index (κ3) is 5.06. The summed E-state index contributed by atoms with van der Waals surface area (Å²) in [5.74, 6) is 1.05. The molecule has 2 rings (SSSR count). The van der Waals surface area contributed by atoms with Gasteiger partial charge in [-0.25, -0.2) is 0 Å². The van der Waals surface area contributed by atoms with Crippen molar-refractivity contribution >= 4 is 5.91 Å². The topological polar surface area (TPSA) is 64.4 Å². The number of carbonyl (C=O) groups excluding carboxylic acids is 1. The summed E-state index contributed by atoms with van der Waals surface area (Å²) in [6.45, 7) is 2.09. The fraction of sp³-hybridized carbons (Fsp3) is 0.938. The number of nitrogens with one attached hydrogen (secondary N) is 1. The van der Waals surface area contributed by atoms with Gasteiger partial charge in [0.2, 0.25) is 5.91 Å². The average Bonchev–Trinajstić information content (AvgIpc) is 2.52. The highest BCUT2D eigenvalue weighted by Gasteiger charge is 2.25. The Morgan fingerprint density at radius 1 is 1.05 bits per heavy atom. The summed E-state index contributed by atoms with van der Waals surface area (Å²) in [6.07, 6.45) is 11.0. The van der Waals surface area contributed by atoms with Gasteiger partial charge in [0.1, 0.15) is 0 Å². The van der Waals surface area contributed by atoms with Crippen molar-refractivity contribution in [3.63, 3.8) is 0 Å². The van der Waals surface area contributed by atoms with Crippen molar-refractivity contribution in [2.75, 3.05) is 19.7 Å². The van der Waals surface area contributed by atoms with Crippen molar-refractivity contribution in [1.29, 1.82) is 0 Å². The largest absolute Gasteiger partial charge is 0.376 e. The highest BCUT2D eigenvalue weighted by molar-refractivity contribution is 5.78. The third-order valence-corrected chi connectivity index (χ3v) is 4.86. The first-order valence-electron chi connectivity index (χ1n) is 8.39. The zero-order valence-electron chi connectivity index (χ0n) is 12.6. The fourth-order valence-electron chi connectivity index (χ4n) is 3.44. The van der Waals surface area contributed by atoms with E-state index in [4.69, 9.17) is 10.5 Å². The van der Waals surface area contributed by atoms with Crippen LogP contribution < -0.4 is 11.1 Å². The van der Waals surface area contributed by atoms with E-state index in [0.717, 1.165) is 32.2 Å². The molecule has 2 saturated carbocycles. The second kappa shape index (κ2) is 8.63. The van der Waals surface area contributed by atoms with Gasteiger partial charge in [-0.3, -0.25) is 4.79 Å². The minimum Gasteiger partial charge on any atom is -0.376 e. The van der Waals surface area contributed by atoms with Gasteiger partial charge in [-0.15, -0.1) is 0 Å². The maximum Gasteiger partial charge on any atom is 0.223 e. The molecule has 0 unspecified atom stereocenters. The molecule has 1 amide bonds. The molecule has 0 spiro atoms. The molecule has 20 heavy (non-hydrogen) atoms. The Labute approximate surface area is 122 Å². The molecule has 0 aromatic heterocycles. The van der Waals surface area contributed by atoms with Gasteiger partial charge in [-0.2, -0.15) is 0 Å². The zero-order chi connectivity index (χ0) is 14.2. The minimum atomic E-state index is 0.201. The molecule has 4 heteroatoms. The number of ether oxygens (including phenoxy) is 1. The lowest BCUT2D eigenvalue weighted by Crippen LogP contribution is -2.36. The van der Waals surface area contributed by atoms with E-state index in [1.807, 2.05) is 0 Å². The van der Waals surface area contributed by atoms with E-state index in [-0.39, 0.29) is 11.8 Å². The Morgan fingerprint density at radius 3 is 2.40 bits per heavy atom. The number of rotatable bonds is 6. The minimum absolute atomic E-state index is 0.201. The number of nitrogens with two attached hydrogens (primary N) is 1. The van der Waals surface area contributed by atoms with Crippen LogP contribution in [0.25, 0.3) is 0 Å². The lowest BCUT2D eigenvalue weighted by atomic mass is 9.81. The molecule has 2 aliphatic rings. The van der Waals surface area contributed by atoms with Gasteiger partial charge in [-0.1, -0.05) is 19.3 Å². The van der Waals surface area contributed by atoms with E-state index < -0.39 is 0 Å². The zero-order valence-corrected chi connectivity index (χ0v) is 12.6. The summed E-state index contributed by atoms with van der Waals surface area (Å²) in [6, 6.07) is 0. The molecule has 3 N–H and O–H groups in total. The lowest BCUT2D eigenvalue weighted by molar-refractivity contribution is -0.126. The van der Waals surface area contributed by atoms with Crippen molar-refractivity contribution in [2.45, 2.75) is 63.9 Å². The lowest BCUT2D eigenvalue weighted by Gasteiger charge is -2.27. The predicted molar refractivity (Wildman–Crippen MR) is 80.3 cm³/mol. The Kier molecular flexibility index (Phi) is 6.80. The first-order valence-corrected chi connectivity index (χ1v) is 8.39. The summed E-state index contributed by atoms with van der Waals surface area (Å²) in [7, 11) is 0. The van der Waals surface area contributed by atoms with Gasteiger partial charge in [0, 0.05) is 12.5 Å². The number of hydrogen-bond acceptors (Lipinski definition) is 3. The standard InChI is InChI=1S/C16H30N2O2/c17-12-13-6-8-14(9-7-13)16(19)18-10-11-20-15-4-2-1-3-5-15/h13-15H,1-12,17H2,(H,18,19). The van der Waals surface area contributed by atoms with Crippen LogP contribution in [0.3, 0.4) is 0 Å². The van der Waals surface area contributed by atoms with E-state index in [1.54, 1.807) is 0 Å². The van der Waals surface area contributed by atoms with Crippen molar-refractivity contribution < 1.29 is 9.53 Å². The van der Waals surface area contributed by atoms with Gasteiger partial charge in [-0.05, 0) is 51.0 Å². The molecule has 2 fully saturated rings. The molecule has 4 nitrogen and oxygen atoms in total. The summed E-state index contributed by atoms with van der Waals surface area (Å²) in [5, 5.41) is 3.03. The second-order valence-corrected chi connectivity index (χ2v) is 6.38. The molecule has 0 aromatic carbocycles. The molecule has 0 saturated heterocycles. The third-order valence-electron chi connectivity index (χ3n) is 4.86. The molecule has 0 aliphatic heterocycles.